The standard InChI is InChI=1S/C27H18ClF2NO5S/c28-20-10-19-17(27(33)34)7-8-35-24(19)12-25(20)36-16-4-1-14(2-5-16)23(32)11-26-31-22(13-37-26)18-6-3-15(29)9-21(18)30/h1-6,9-10,12-13,17H,7-8,11H2,(H,33,34). The molecule has 0 radical (unpaired) electrons. The Morgan fingerprint density at radius 1 is 1.14 bits per heavy atom. The first kappa shape index (κ1) is 24.9. The summed E-state index contributed by atoms with van der Waals surface area (Å²) in [4.78, 5) is 28.6. The van der Waals surface area contributed by atoms with Gasteiger partial charge >= 0.3 is 5.97 Å². The third-order valence-electron chi connectivity index (χ3n) is 5.88. The average molecular weight is 542 g/mol. The number of hydrogen-bond acceptors (Lipinski definition) is 6. The second kappa shape index (κ2) is 10.3. The maximum atomic E-state index is 14.0. The summed E-state index contributed by atoms with van der Waals surface area (Å²) in [7, 11) is 0. The van der Waals surface area contributed by atoms with E-state index in [0.29, 0.717) is 45.5 Å². The summed E-state index contributed by atoms with van der Waals surface area (Å²) >= 11 is 7.56. The number of benzene rings is 3. The Morgan fingerprint density at radius 3 is 2.65 bits per heavy atom. The topological polar surface area (TPSA) is 85.7 Å². The van der Waals surface area contributed by atoms with Gasteiger partial charge in [0.15, 0.2) is 5.78 Å². The minimum atomic E-state index is -0.939. The lowest BCUT2D eigenvalue weighted by molar-refractivity contribution is -0.139. The van der Waals surface area contributed by atoms with Crippen LogP contribution in [0, 0.1) is 11.6 Å². The number of carboxylic acid groups (broad SMARTS) is 1. The van der Waals surface area contributed by atoms with Crippen LogP contribution in [0.1, 0.15) is 33.3 Å². The second-order valence-electron chi connectivity index (χ2n) is 8.33. The molecule has 0 saturated heterocycles. The zero-order valence-corrected chi connectivity index (χ0v) is 20.6. The smallest absolute Gasteiger partial charge is 0.311 e. The maximum absolute atomic E-state index is 14.0. The first-order valence-electron chi connectivity index (χ1n) is 11.2. The molecule has 4 aromatic rings. The molecule has 0 aliphatic carbocycles. The van der Waals surface area contributed by atoms with Crippen LogP contribution in [0.25, 0.3) is 11.3 Å². The van der Waals surface area contributed by atoms with Gasteiger partial charge in [0.1, 0.15) is 33.9 Å². The largest absolute Gasteiger partial charge is 0.493 e. The number of nitrogens with zero attached hydrogens (tertiary/aromatic N) is 1. The van der Waals surface area contributed by atoms with Gasteiger partial charge in [-0.15, -0.1) is 11.3 Å². The molecule has 1 N–H and O–H groups in total. The fraction of sp³-hybridized carbons (Fsp3) is 0.148. The van der Waals surface area contributed by atoms with Gasteiger partial charge in [-0.3, -0.25) is 9.59 Å². The van der Waals surface area contributed by atoms with E-state index in [1.165, 1.54) is 17.4 Å². The van der Waals surface area contributed by atoms with Crippen molar-refractivity contribution in [1.82, 2.24) is 4.98 Å². The van der Waals surface area contributed by atoms with E-state index in [2.05, 4.69) is 4.98 Å². The predicted octanol–water partition coefficient (Wildman–Crippen LogP) is 6.91. The summed E-state index contributed by atoms with van der Waals surface area (Å²) in [6.45, 7) is 0.279. The highest BCUT2D eigenvalue weighted by Gasteiger charge is 2.29. The molecule has 0 bridgehead atoms. The third kappa shape index (κ3) is 5.33. The van der Waals surface area contributed by atoms with Gasteiger partial charge in [-0.1, -0.05) is 11.6 Å². The van der Waals surface area contributed by atoms with Gasteiger partial charge < -0.3 is 14.6 Å². The predicted molar refractivity (Wildman–Crippen MR) is 134 cm³/mol. The Hall–Kier alpha value is -3.82. The maximum Gasteiger partial charge on any atom is 0.311 e. The lowest BCUT2D eigenvalue weighted by Crippen LogP contribution is -2.20. The quantitative estimate of drug-likeness (QED) is 0.256. The summed E-state index contributed by atoms with van der Waals surface area (Å²) in [6.07, 6.45) is 0.381. The number of aliphatic carboxylic acids is 1. The Morgan fingerprint density at radius 2 is 1.92 bits per heavy atom. The lowest BCUT2D eigenvalue weighted by Gasteiger charge is -2.24. The van der Waals surface area contributed by atoms with E-state index in [-0.39, 0.29) is 29.4 Å². The fourth-order valence-corrected chi connectivity index (χ4v) is 5.02. The van der Waals surface area contributed by atoms with Crippen LogP contribution in [0.2, 0.25) is 5.02 Å². The minimum absolute atomic E-state index is 0.0203. The highest BCUT2D eigenvalue weighted by Crippen LogP contribution is 2.42. The summed E-state index contributed by atoms with van der Waals surface area (Å²) in [6, 6.07) is 12.8. The molecule has 5 rings (SSSR count). The van der Waals surface area contributed by atoms with Crippen molar-refractivity contribution in [2.75, 3.05) is 6.61 Å². The molecule has 0 fully saturated rings. The van der Waals surface area contributed by atoms with Crippen LogP contribution in [0.15, 0.2) is 60.0 Å². The monoisotopic (exact) mass is 541 g/mol. The Bertz CT molecular complexity index is 1510. The third-order valence-corrected chi connectivity index (χ3v) is 7.02. The molecule has 0 amide bonds. The van der Waals surface area contributed by atoms with E-state index in [9.17, 15) is 23.5 Å². The molecule has 1 atom stereocenters. The minimum Gasteiger partial charge on any atom is -0.493 e. The van der Waals surface area contributed by atoms with E-state index >= 15 is 0 Å². The van der Waals surface area contributed by atoms with Crippen LogP contribution in [-0.4, -0.2) is 28.4 Å². The second-order valence-corrected chi connectivity index (χ2v) is 9.68. The van der Waals surface area contributed by atoms with E-state index in [0.717, 1.165) is 12.1 Å². The van der Waals surface area contributed by atoms with E-state index in [1.54, 1.807) is 41.8 Å². The van der Waals surface area contributed by atoms with Gasteiger partial charge in [0, 0.05) is 34.2 Å². The van der Waals surface area contributed by atoms with Gasteiger partial charge in [-0.25, -0.2) is 13.8 Å². The molecular formula is C27H18ClF2NO5S. The van der Waals surface area contributed by atoms with Crippen molar-refractivity contribution in [3.63, 3.8) is 0 Å². The average Bonchev–Trinajstić information content (AvgIpc) is 3.32. The van der Waals surface area contributed by atoms with Crippen molar-refractivity contribution < 1.29 is 33.0 Å². The molecule has 6 nitrogen and oxygen atoms in total. The van der Waals surface area contributed by atoms with Crippen molar-refractivity contribution in [3.05, 3.63) is 92.8 Å². The number of carbonyl (C=O) groups is 2. The van der Waals surface area contributed by atoms with Gasteiger partial charge in [-0.05, 0) is 48.9 Å². The summed E-state index contributed by atoms with van der Waals surface area (Å²) in [5, 5.41) is 11.8. The Balaban J connectivity index is 1.27. The number of hydrogen-bond donors (Lipinski definition) is 1. The highest BCUT2D eigenvalue weighted by atomic mass is 35.5. The van der Waals surface area contributed by atoms with Crippen molar-refractivity contribution in [3.8, 4) is 28.5 Å². The van der Waals surface area contributed by atoms with Crippen molar-refractivity contribution in [2.45, 2.75) is 18.8 Å². The fourth-order valence-electron chi connectivity index (χ4n) is 4.01. The number of halogens is 3. The zero-order valence-electron chi connectivity index (χ0n) is 19.0. The van der Waals surface area contributed by atoms with Gasteiger partial charge in [-0.2, -0.15) is 0 Å². The van der Waals surface area contributed by atoms with Crippen molar-refractivity contribution in [1.29, 1.82) is 0 Å². The van der Waals surface area contributed by atoms with E-state index in [4.69, 9.17) is 21.1 Å². The number of fused-ring (bicyclic) bond motifs is 1. The number of rotatable bonds is 7. The van der Waals surface area contributed by atoms with Crippen LogP contribution < -0.4 is 9.47 Å². The normalized spacial score (nSPS) is 14.5. The molecule has 3 aromatic carbocycles. The number of thiazole rings is 1. The molecule has 0 saturated carbocycles. The van der Waals surface area contributed by atoms with E-state index < -0.39 is 23.5 Å². The number of ketones is 1. The van der Waals surface area contributed by atoms with Gasteiger partial charge in [0.05, 0.1) is 29.7 Å². The Kier molecular flexibility index (Phi) is 6.90. The molecule has 1 aromatic heterocycles. The summed E-state index contributed by atoms with van der Waals surface area (Å²) in [5.41, 5.74) is 1.45. The highest BCUT2D eigenvalue weighted by molar-refractivity contribution is 7.10. The van der Waals surface area contributed by atoms with Gasteiger partial charge in [0.25, 0.3) is 0 Å². The summed E-state index contributed by atoms with van der Waals surface area (Å²) in [5.74, 6) is -2.07. The Labute approximate surface area is 219 Å². The van der Waals surface area contributed by atoms with Crippen LogP contribution in [0.4, 0.5) is 8.78 Å². The number of carbonyl (C=O) groups excluding carboxylic acids is 1. The molecule has 1 aliphatic heterocycles. The van der Waals surface area contributed by atoms with Gasteiger partial charge in [0.2, 0.25) is 0 Å². The van der Waals surface area contributed by atoms with Crippen LogP contribution in [0.5, 0.6) is 17.2 Å². The van der Waals surface area contributed by atoms with Crippen LogP contribution >= 0.6 is 22.9 Å². The molecule has 1 aliphatic rings. The first-order valence-corrected chi connectivity index (χ1v) is 12.4. The summed E-state index contributed by atoms with van der Waals surface area (Å²) < 4.78 is 38.6. The number of aromatic nitrogens is 1. The number of carboxylic acids is 1. The molecule has 1 unspecified atom stereocenters. The molecular weight excluding hydrogens is 524 g/mol. The molecule has 0 spiro atoms. The number of Topliss-reactive ketones (excluding diaryl/α,β-unsaturated/α-hetero) is 1. The molecule has 188 valence electrons. The molecule has 37 heavy (non-hydrogen) atoms. The zero-order chi connectivity index (χ0) is 26.1. The lowest BCUT2D eigenvalue weighted by atomic mass is 9.93. The first-order chi connectivity index (χ1) is 17.8. The van der Waals surface area contributed by atoms with Crippen molar-refractivity contribution in [2.24, 2.45) is 0 Å². The SMILES string of the molecule is O=C(Cc1nc(-c2ccc(F)cc2F)cs1)c1ccc(Oc2cc3c(cc2Cl)C(C(=O)O)CCO3)cc1. The van der Waals surface area contributed by atoms with Crippen LogP contribution in [0.3, 0.4) is 0 Å². The molecule has 10 heteroatoms. The number of ether oxygens (including phenoxy) is 2. The van der Waals surface area contributed by atoms with Crippen LogP contribution in [-0.2, 0) is 11.2 Å². The van der Waals surface area contributed by atoms with E-state index in [1.807, 2.05) is 0 Å². The molecule has 2 heterocycles. The van der Waals surface area contributed by atoms with Crippen molar-refractivity contribution >= 4 is 34.7 Å².